The quantitative estimate of drug-likeness (QED) is 0.250. The van der Waals surface area contributed by atoms with Crippen molar-refractivity contribution in [3.05, 3.63) is 0 Å². The maximum Gasteiger partial charge on any atom is 2.00 e. The van der Waals surface area contributed by atoms with E-state index in [0.29, 0.717) is 0 Å². The number of carbonyl (C=O) groups excluding carboxylic acids is 7. The van der Waals surface area contributed by atoms with Crippen LogP contribution in [0.25, 0.3) is 0 Å². The standard InChI is InChI=1S/C5H6O5.2C3H4O3.2Sr/c6-3(5(9)10)1-2-4(7)8;2*1-2(4)3(5)6;;/h1-2H2,(H,7,8)(H,9,10);2*1H3,(H,5,6);;/q;;;2*+2/p-4. The molecule has 124 valence electrons. The van der Waals surface area contributed by atoms with E-state index in [1.807, 2.05) is 0 Å². The molecule has 0 N–H and O–H groups in total. The smallest absolute Gasteiger partial charge is 0.550 e. The van der Waals surface area contributed by atoms with Crippen LogP contribution in [0.4, 0.5) is 0 Å². The first-order chi connectivity index (χ1) is 9.82. The van der Waals surface area contributed by atoms with Gasteiger partial charge in [0.2, 0.25) is 0 Å². The number of carboxylic acid groups (broad SMARTS) is 4. The molecular weight excluding hydrogens is 483 g/mol. The monoisotopic (exact) mass is 494 g/mol. The number of carbonyl (C=O) groups is 7. The van der Waals surface area contributed by atoms with Crippen molar-refractivity contribution in [3.8, 4) is 0 Å². The van der Waals surface area contributed by atoms with Gasteiger partial charge in [0.05, 0.1) is 0 Å². The number of hydrogen-bond donors (Lipinski definition) is 0. The zero-order valence-electron chi connectivity index (χ0n) is 12.8. The van der Waals surface area contributed by atoms with E-state index >= 15 is 0 Å². The summed E-state index contributed by atoms with van der Waals surface area (Å²) in [5, 5.41) is 37.8. The second-order valence-electron chi connectivity index (χ2n) is 3.27. The van der Waals surface area contributed by atoms with E-state index in [9.17, 15) is 54.0 Å². The van der Waals surface area contributed by atoms with Gasteiger partial charge in [0, 0.05) is 26.2 Å². The number of rotatable bonds is 6. The molecule has 0 rings (SSSR count). The van der Waals surface area contributed by atoms with Crippen LogP contribution in [0.2, 0.25) is 0 Å². The molecule has 0 amide bonds. The minimum absolute atomic E-state index is 0. The molecule has 0 saturated heterocycles. The third-order valence-electron chi connectivity index (χ3n) is 1.36. The van der Waals surface area contributed by atoms with Gasteiger partial charge in [-0.1, -0.05) is 0 Å². The van der Waals surface area contributed by atoms with E-state index in [2.05, 4.69) is 0 Å². The molecule has 0 aromatic carbocycles. The normalized spacial score (nSPS) is 7.42. The first-order valence-electron chi connectivity index (χ1n) is 5.20. The van der Waals surface area contributed by atoms with E-state index in [0.717, 1.165) is 13.8 Å². The summed E-state index contributed by atoms with van der Waals surface area (Å²) in [5.74, 6) is -9.66. The molecular formula is C11H10O11Sr2. The predicted molar refractivity (Wildman–Crippen MR) is 67.1 cm³/mol. The molecule has 24 heavy (non-hydrogen) atoms. The van der Waals surface area contributed by atoms with Crippen LogP contribution in [0, 0.1) is 0 Å². The summed E-state index contributed by atoms with van der Waals surface area (Å²) in [6.45, 7) is 1.88. The molecule has 0 aromatic heterocycles. The molecule has 0 unspecified atom stereocenters. The molecule has 0 saturated carbocycles. The summed E-state index contributed by atoms with van der Waals surface area (Å²) in [6.07, 6.45) is -1.14. The van der Waals surface area contributed by atoms with Crippen molar-refractivity contribution in [2.45, 2.75) is 26.7 Å². The molecule has 0 radical (unpaired) electrons. The van der Waals surface area contributed by atoms with Crippen LogP contribution in [0.1, 0.15) is 26.7 Å². The SMILES string of the molecule is CC(=O)C(=O)[O-].CC(=O)C(=O)[O-].O=C([O-])CCC(=O)C(=O)[O-].[Sr+2].[Sr+2]. The average molecular weight is 493 g/mol. The Labute approximate surface area is 209 Å². The number of hydrogen-bond acceptors (Lipinski definition) is 11. The van der Waals surface area contributed by atoms with E-state index in [1.54, 1.807) is 0 Å². The summed E-state index contributed by atoms with van der Waals surface area (Å²) < 4.78 is 0. The van der Waals surface area contributed by atoms with Gasteiger partial charge in [-0.15, -0.1) is 0 Å². The minimum Gasteiger partial charge on any atom is -0.550 e. The predicted octanol–water partition coefficient (Wildman–Crippen LogP) is -7.28. The van der Waals surface area contributed by atoms with Gasteiger partial charge < -0.3 is 39.6 Å². The van der Waals surface area contributed by atoms with Crippen molar-refractivity contribution in [1.82, 2.24) is 0 Å². The first-order valence-corrected chi connectivity index (χ1v) is 5.20. The summed E-state index contributed by atoms with van der Waals surface area (Å²) in [4.78, 5) is 66.8. The second-order valence-corrected chi connectivity index (χ2v) is 3.27. The fraction of sp³-hybridized carbons (Fsp3) is 0.364. The van der Waals surface area contributed by atoms with E-state index < -0.39 is 54.1 Å². The number of ketones is 3. The van der Waals surface area contributed by atoms with Crippen molar-refractivity contribution in [2.75, 3.05) is 0 Å². The summed E-state index contributed by atoms with van der Waals surface area (Å²) in [5.41, 5.74) is 0. The zero-order chi connectivity index (χ0) is 18.5. The average Bonchev–Trinajstić information content (AvgIpc) is 2.36. The van der Waals surface area contributed by atoms with Crippen molar-refractivity contribution in [1.29, 1.82) is 0 Å². The van der Waals surface area contributed by atoms with Crippen molar-refractivity contribution >= 4 is 132 Å². The summed E-state index contributed by atoms with van der Waals surface area (Å²) in [7, 11) is 0. The molecule has 0 aliphatic carbocycles. The van der Waals surface area contributed by atoms with Crippen LogP contribution in [0.3, 0.4) is 0 Å². The Kier molecular flexibility index (Phi) is 30.5. The van der Waals surface area contributed by atoms with Crippen LogP contribution >= 0.6 is 0 Å². The Balaban J connectivity index is -0.0000000759. The third kappa shape index (κ3) is 33.5. The van der Waals surface area contributed by atoms with Gasteiger partial charge in [0.15, 0.2) is 17.3 Å². The van der Waals surface area contributed by atoms with Crippen molar-refractivity contribution < 1.29 is 54.0 Å². The van der Waals surface area contributed by atoms with Crippen LogP contribution < -0.4 is 20.4 Å². The fourth-order valence-electron chi connectivity index (χ4n) is 0.318. The van der Waals surface area contributed by atoms with Gasteiger partial charge in [0.1, 0.15) is 17.9 Å². The van der Waals surface area contributed by atoms with Gasteiger partial charge >= 0.3 is 91.0 Å². The minimum atomic E-state index is -1.86. The fourth-order valence-corrected chi connectivity index (χ4v) is 0.318. The van der Waals surface area contributed by atoms with E-state index in [4.69, 9.17) is 0 Å². The molecule has 0 aliphatic heterocycles. The maximum atomic E-state index is 10.1. The number of Topliss-reactive ketones (excluding diaryl/α,β-unsaturated/α-hetero) is 3. The van der Waals surface area contributed by atoms with Crippen LogP contribution in [0.5, 0.6) is 0 Å². The Morgan fingerprint density at radius 2 is 0.833 bits per heavy atom. The van der Waals surface area contributed by atoms with Crippen LogP contribution in [-0.2, 0) is 33.6 Å². The topological polar surface area (TPSA) is 212 Å². The zero-order valence-corrected chi connectivity index (χ0v) is 19.8. The molecule has 13 heteroatoms. The molecule has 0 spiro atoms. The Morgan fingerprint density at radius 1 is 0.583 bits per heavy atom. The molecule has 0 heterocycles. The summed E-state index contributed by atoms with van der Waals surface area (Å²) >= 11 is 0. The van der Waals surface area contributed by atoms with Crippen LogP contribution in [0.15, 0.2) is 0 Å². The third-order valence-corrected chi connectivity index (χ3v) is 1.36. The van der Waals surface area contributed by atoms with Gasteiger partial charge in [-0.05, 0) is 6.42 Å². The number of carboxylic acids is 4. The molecule has 0 aromatic rings. The largest absolute Gasteiger partial charge is 2.00 e. The second kappa shape index (κ2) is 20.9. The molecule has 0 atom stereocenters. The van der Waals surface area contributed by atoms with Gasteiger partial charge in [0.25, 0.3) is 0 Å². The molecule has 11 nitrogen and oxygen atoms in total. The number of aliphatic carboxylic acids is 4. The van der Waals surface area contributed by atoms with Gasteiger partial charge in [-0.2, -0.15) is 0 Å². The summed E-state index contributed by atoms with van der Waals surface area (Å²) in [6, 6.07) is 0. The van der Waals surface area contributed by atoms with Gasteiger partial charge in [-0.3, -0.25) is 14.4 Å². The van der Waals surface area contributed by atoms with Crippen molar-refractivity contribution in [2.24, 2.45) is 0 Å². The molecule has 0 bridgehead atoms. The van der Waals surface area contributed by atoms with Crippen LogP contribution in [-0.4, -0.2) is 132 Å². The Morgan fingerprint density at radius 3 is 0.958 bits per heavy atom. The van der Waals surface area contributed by atoms with E-state index in [-0.39, 0.29) is 91.0 Å². The van der Waals surface area contributed by atoms with Crippen molar-refractivity contribution in [3.63, 3.8) is 0 Å². The Hall–Kier alpha value is -0.149. The van der Waals surface area contributed by atoms with E-state index in [1.165, 1.54) is 0 Å². The molecule has 0 aliphatic rings. The Bertz CT molecular complexity index is 436. The van der Waals surface area contributed by atoms with Gasteiger partial charge in [-0.25, -0.2) is 0 Å². The first kappa shape index (κ1) is 35.0. The maximum absolute atomic E-state index is 10.1. The molecule has 0 fully saturated rings.